The fourth-order valence-electron chi connectivity index (χ4n) is 2.34. The fourth-order valence-corrected chi connectivity index (χ4v) is 3.14. The highest BCUT2D eigenvalue weighted by molar-refractivity contribution is 7.13. The minimum atomic E-state index is -0.962. The molecule has 9 heteroatoms. The van der Waals surface area contributed by atoms with Crippen molar-refractivity contribution in [1.29, 1.82) is 0 Å². The van der Waals surface area contributed by atoms with E-state index in [1.165, 1.54) is 28.4 Å². The van der Waals surface area contributed by atoms with Crippen molar-refractivity contribution in [3.8, 4) is 10.6 Å². The normalized spacial score (nSPS) is 10.7. The summed E-state index contributed by atoms with van der Waals surface area (Å²) in [4.78, 5) is 39.5. The summed E-state index contributed by atoms with van der Waals surface area (Å²) in [5, 5.41) is 21.8. The second-order valence-corrected chi connectivity index (χ2v) is 6.99. The summed E-state index contributed by atoms with van der Waals surface area (Å²) in [5.41, 5.74) is 0.911. The number of benzene rings is 1. The number of carboxylic acids is 1. The van der Waals surface area contributed by atoms with Gasteiger partial charge in [0, 0.05) is 36.2 Å². The summed E-state index contributed by atoms with van der Waals surface area (Å²) in [7, 11) is 0. The van der Waals surface area contributed by atoms with Crippen LogP contribution in [0.4, 0.5) is 5.69 Å². The lowest BCUT2D eigenvalue weighted by Crippen LogP contribution is -2.36. The van der Waals surface area contributed by atoms with Crippen LogP contribution in [-0.2, 0) is 4.79 Å². The quantitative estimate of drug-likeness (QED) is 0.558. The van der Waals surface area contributed by atoms with E-state index in [1.54, 1.807) is 17.5 Å². The fraction of sp³-hybridized carbons (Fsp3) is 0.353. The van der Waals surface area contributed by atoms with E-state index in [4.69, 9.17) is 5.11 Å². The first-order valence-corrected chi connectivity index (χ1v) is 8.87. The lowest BCUT2D eigenvalue weighted by molar-refractivity contribution is -0.384. The molecular formula is C17H19N3O5S. The molecule has 8 nitrogen and oxygen atoms in total. The molecule has 0 fully saturated rings. The first-order chi connectivity index (χ1) is 12.3. The van der Waals surface area contributed by atoms with Crippen LogP contribution < -0.4 is 0 Å². The lowest BCUT2D eigenvalue weighted by atomic mass is 10.2. The van der Waals surface area contributed by atoms with Crippen LogP contribution in [0.2, 0.25) is 0 Å². The molecule has 0 atom stereocenters. The van der Waals surface area contributed by atoms with Gasteiger partial charge in [-0.3, -0.25) is 19.7 Å². The van der Waals surface area contributed by atoms with Crippen molar-refractivity contribution in [2.45, 2.75) is 20.3 Å². The van der Waals surface area contributed by atoms with Crippen molar-refractivity contribution in [3.05, 3.63) is 45.5 Å². The smallest absolute Gasteiger partial charge is 0.305 e. The standard InChI is InChI=1S/C17H19N3O5S/c1-11(2)9-19(8-7-15(21)22)17(23)14-10-26-16(18-14)12-3-5-13(6-4-12)20(24)25/h3-6,10-11H,7-9H2,1-2H3,(H,21,22). The number of aromatic nitrogens is 1. The highest BCUT2D eigenvalue weighted by atomic mass is 32.1. The number of hydrogen-bond acceptors (Lipinski definition) is 6. The number of nitro benzene ring substituents is 1. The Hall–Kier alpha value is -2.81. The summed E-state index contributed by atoms with van der Waals surface area (Å²) >= 11 is 1.26. The van der Waals surface area contributed by atoms with E-state index < -0.39 is 10.9 Å². The van der Waals surface area contributed by atoms with E-state index in [0.717, 1.165) is 0 Å². The molecule has 0 saturated carbocycles. The molecule has 26 heavy (non-hydrogen) atoms. The van der Waals surface area contributed by atoms with E-state index in [2.05, 4.69) is 4.98 Å². The Bertz CT molecular complexity index is 801. The number of rotatable bonds is 8. The van der Waals surface area contributed by atoms with E-state index in [-0.39, 0.29) is 36.2 Å². The number of aliphatic carboxylic acids is 1. The van der Waals surface area contributed by atoms with E-state index in [9.17, 15) is 19.7 Å². The number of non-ortho nitro benzene ring substituents is 1. The average molecular weight is 377 g/mol. The van der Waals surface area contributed by atoms with Crippen molar-refractivity contribution < 1.29 is 19.6 Å². The first kappa shape index (κ1) is 19.5. The molecule has 138 valence electrons. The maximum atomic E-state index is 12.7. The van der Waals surface area contributed by atoms with Crippen molar-refractivity contribution in [1.82, 2.24) is 9.88 Å². The molecule has 0 spiro atoms. The third kappa shape index (κ3) is 5.09. The number of amides is 1. The molecule has 0 bridgehead atoms. The molecule has 0 saturated heterocycles. The van der Waals surface area contributed by atoms with Gasteiger partial charge in [0.1, 0.15) is 10.7 Å². The Morgan fingerprint density at radius 3 is 2.50 bits per heavy atom. The molecule has 1 N–H and O–H groups in total. The molecule has 1 heterocycles. The molecule has 1 aromatic heterocycles. The zero-order valence-corrected chi connectivity index (χ0v) is 15.2. The van der Waals surface area contributed by atoms with Gasteiger partial charge in [-0.25, -0.2) is 4.98 Å². The minimum Gasteiger partial charge on any atom is -0.481 e. The van der Waals surface area contributed by atoms with E-state index in [0.29, 0.717) is 17.1 Å². The zero-order chi connectivity index (χ0) is 19.3. The topological polar surface area (TPSA) is 114 Å². The average Bonchev–Trinajstić information content (AvgIpc) is 3.07. The van der Waals surface area contributed by atoms with Crippen LogP contribution in [0.15, 0.2) is 29.6 Å². The number of nitro groups is 1. The molecule has 0 radical (unpaired) electrons. The van der Waals surface area contributed by atoms with Crippen LogP contribution in [0.3, 0.4) is 0 Å². The second-order valence-electron chi connectivity index (χ2n) is 6.13. The largest absolute Gasteiger partial charge is 0.481 e. The molecule has 0 unspecified atom stereocenters. The number of thiazole rings is 1. The third-order valence-corrected chi connectivity index (χ3v) is 4.41. The number of carbonyl (C=O) groups excluding carboxylic acids is 1. The Labute approximate surface area is 154 Å². The summed E-state index contributed by atoms with van der Waals surface area (Å²) in [6.45, 7) is 4.46. The summed E-state index contributed by atoms with van der Waals surface area (Å²) in [6, 6.07) is 5.94. The highest BCUT2D eigenvalue weighted by Crippen LogP contribution is 2.26. The molecule has 1 amide bonds. The second kappa shape index (κ2) is 8.52. The monoisotopic (exact) mass is 377 g/mol. The minimum absolute atomic E-state index is 0.0154. The van der Waals surface area contributed by atoms with Crippen LogP contribution in [0, 0.1) is 16.0 Å². The predicted octanol–water partition coefficient (Wildman–Crippen LogP) is 3.29. The van der Waals surface area contributed by atoms with Crippen molar-refractivity contribution >= 4 is 28.9 Å². The maximum absolute atomic E-state index is 12.7. The van der Waals surface area contributed by atoms with Crippen LogP contribution in [0.1, 0.15) is 30.8 Å². The van der Waals surface area contributed by atoms with Crippen LogP contribution in [0.5, 0.6) is 0 Å². The number of carboxylic acid groups (broad SMARTS) is 1. The molecule has 0 aliphatic rings. The van der Waals surface area contributed by atoms with Crippen molar-refractivity contribution in [2.75, 3.05) is 13.1 Å². The van der Waals surface area contributed by atoms with Crippen molar-refractivity contribution in [2.24, 2.45) is 5.92 Å². The molecule has 2 aromatic rings. The summed E-state index contributed by atoms with van der Waals surface area (Å²) in [6.07, 6.45) is -0.127. The zero-order valence-electron chi connectivity index (χ0n) is 14.4. The Balaban J connectivity index is 2.18. The molecular weight excluding hydrogens is 358 g/mol. The molecule has 1 aromatic carbocycles. The first-order valence-electron chi connectivity index (χ1n) is 7.99. The van der Waals surface area contributed by atoms with E-state index >= 15 is 0 Å². The van der Waals surface area contributed by atoms with Crippen LogP contribution >= 0.6 is 11.3 Å². The molecule has 0 aliphatic carbocycles. The van der Waals surface area contributed by atoms with Gasteiger partial charge in [-0.15, -0.1) is 11.3 Å². The van der Waals surface area contributed by atoms with Gasteiger partial charge in [0.15, 0.2) is 0 Å². The Morgan fingerprint density at radius 1 is 1.31 bits per heavy atom. The molecule has 0 aliphatic heterocycles. The van der Waals surface area contributed by atoms with Crippen molar-refractivity contribution in [3.63, 3.8) is 0 Å². The van der Waals surface area contributed by atoms with Gasteiger partial charge in [0.05, 0.1) is 11.3 Å². The van der Waals surface area contributed by atoms with Gasteiger partial charge in [-0.1, -0.05) is 13.8 Å². The van der Waals surface area contributed by atoms with Gasteiger partial charge in [0.25, 0.3) is 11.6 Å². The summed E-state index contributed by atoms with van der Waals surface area (Å²) in [5.74, 6) is -1.08. The predicted molar refractivity (Wildman–Crippen MR) is 97.2 cm³/mol. The maximum Gasteiger partial charge on any atom is 0.305 e. The summed E-state index contributed by atoms with van der Waals surface area (Å²) < 4.78 is 0. The Kier molecular flexibility index (Phi) is 6.40. The van der Waals surface area contributed by atoms with E-state index in [1.807, 2.05) is 13.8 Å². The highest BCUT2D eigenvalue weighted by Gasteiger charge is 2.21. The van der Waals surface area contributed by atoms with Crippen LogP contribution in [0.25, 0.3) is 10.6 Å². The third-order valence-electron chi connectivity index (χ3n) is 3.52. The van der Waals surface area contributed by atoms with Gasteiger partial charge >= 0.3 is 5.97 Å². The number of nitrogens with zero attached hydrogens (tertiary/aromatic N) is 3. The van der Waals surface area contributed by atoms with Crippen LogP contribution in [-0.4, -0.2) is 44.9 Å². The number of carbonyl (C=O) groups is 2. The molecule has 2 rings (SSSR count). The SMILES string of the molecule is CC(C)CN(CCC(=O)O)C(=O)c1csc(-c2ccc([N+](=O)[O-])cc2)n1. The van der Waals surface area contributed by atoms with Gasteiger partial charge in [0.2, 0.25) is 0 Å². The van der Waals surface area contributed by atoms with Gasteiger partial charge in [-0.2, -0.15) is 0 Å². The van der Waals surface area contributed by atoms with Gasteiger partial charge in [-0.05, 0) is 18.1 Å². The number of hydrogen-bond donors (Lipinski definition) is 1. The lowest BCUT2D eigenvalue weighted by Gasteiger charge is -2.23. The van der Waals surface area contributed by atoms with Gasteiger partial charge < -0.3 is 10.0 Å². The Morgan fingerprint density at radius 2 is 1.96 bits per heavy atom.